The van der Waals surface area contributed by atoms with Gasteiger partial charge in [0.25, 0.3) is 0 Å². The molecule has 1 nitrogen and oxygen atoms in total. The highest BCUT2D eigenvalue weighted by atomic mass is 31.1. The van der Waals surface area contributed by atoms with Crippen LogP contribution in [0.1, 0.15) is 19.3 Å². The summed E-state index contributed by atoms with van der Waals surface area (Å²) >= 11 is 0. The van der Waals surface area contributed by atoms with Gasteiger partial charge in [-0.05, 0) is 24.7 Å². The van der Waals surface area contributed by atoms with Gasteiger partial charge in [0.05, 0.1) is 0 Å². The van der Waals surface area contributed by atoms with E-state index in [0.29, 0.717) is 0 Å². The normalized spacial score (nSPS) is 41.7. The average molecular weight is 161 g/mol. The van der Waals surface area contributed by atoms with Crippen molar-refractivity contribution in [1.29, 1.82) is 0 Å². The van der Waals surface area contributed by atoms with Gasteiger partial charge < -0.3 is 0 Å². The van der Waals surface area contributed by atoms with Gasteiger partial charge in [0.1, 0.15) is 9.04 Å². The molecule has 0 bridgehead atoms. The largest absolute Gasteiger partial charge is 0.258 e. The molecule has 2 aliphatic rings. The van der Waals surface area contributed by atoms with Gasteiger partial charge in [0, 0.05) is 13.1 Å². The Hall–Kier alpha value is 0.320. The summed E-state index contributed by atoms with van der Waals surface area (Å²) < 4.78 is 14.1. The Morgan fingerprint density at radius 1 is 1.20 bits per heavy atom. The first-order valence-corrected chi connectivity index (χ1v) is 4.84. The monoisotopic (exact) mass is 161 g/mol. The van der Waals surface area contributed by atoms with E-state index >= 15 is 0 Å². The lowest BCUT2D eigenvalue weighted by atomic mass is 10.0. The summed E-state index contributed by atoms with van der Waals surface area (Å²) in [4.78, 5) is 0. The molecule has 10 heavy (non-hydrogen) atoms. The first-order valence-electron chi connectivity index (χ1n) is 4.01. The maximum atomic E-state index is 12.2. The molecule has 2 fully saturated rings. The number of halogens is 1. The van der Waals surface area contributed by atoms with Crippen molar-refractivity contribution in [3.63, 3.8) is 0 Å². The van der Waals surface area contributed by atoms with Crippen LogP contribution in [0.3, 0.4) is 0 Å². The molecular weight excluding hydrogens is 148 g/mol. The first kappa shape index (κ1) is 7.00. The number of nitrogens with zero attached hydrogens (tertiary/aromatic N) is 1. The topological polar surface area (TPSA) is 3.24 Å². The molecule has 0 aromatic carbocycles. The van der Waals surface area contributed by atoms with E-state index in [9.17, 15) is 4.20 Å². The van der Waals surface area contributed by atoms with Crippen LogP contribution in [0.2, 0.25) is 0 Å². The summed E-state index contributed by atoms with van der Waals surface area (Å²) in [5.41, 5.74) is 0. The van der Waals surface area contributed by atoms with Gasteiger partial charge >= 0.3 is 0 Å². The lowest BCUT2D eigenvalue weighted by Gasteiger charge is -2.08. The molecule has 1 aliphatic carbocycles. The van der Waals surface area contributed by atoms with E-state index in [1.807, 2.05) is 4.67 Å². The van der Waals surface area contributed by atoms with Crippen molar-refractivity contribution in [2.24, 2.45) is 11.8 Å². The smallest absolute Gasteiger partial charge is 0.142 e. The van der Waals surface area contributed by atoms with Crippen molar-refractivity contribution >= 4 is 9.04 Å². The zero-order valence-corrected chi connectivity index (χ0v) is 7.02. The fraction of sp³-hybridized carbons (Fsp3) is 1.00. The second-order valence-corrected chi connectivity index (χ2v) is 4.24. The van der Waals surface area contributed by atoms with Gasteiger partial charge in [-0.3, -0.25) is 4.67 Å². The zero-order valence-electron chi connectivity index (χ0n) is 6.02. The maximum absolute atomic E-state index is 12.2. The summed E-state index contributed by atoms with van der Waals surface area (Å²) in [5, 5.41) is 0. The van der Waals surface area contributed by atoms with E-state index in [2.05, 4.69) is 0 Å². The Balaban J connectivity index is 1.94. The Morgan fingerprint density at radius 2 is 1.80 bits per heavy atom. The second-order valence-electron chi connectivity index (χ2n) is 3.44. The van der Waals surface area contributed by atoms with Crippen LogP contribution >= 0.6 is 9.04 Å². The summed E-state index contributed by atoms with van der Waals surface area (Å²) in [6.45, 7) is 2.08. The molecule has 1 saturated heterocycles. The van der Waals surface area contributed by atoms with Crippen LogP contribution in [-0.2, 0) is 0 Å². The van der Waals surface area contributed by atoms with Gasteiger partial charge in [-0.15, -0.1) is 0 Å². The summed E-state index contributed by atoms with van der Waals surface area (Å²) in [6, 6.07) is 0. The quantitative estimate of drug-likeness (QED) is 0.533. The maximum Gasteiger partial charge on any atom is 0.142 e. The Bertz CT molecular complexity index is 119. The minimum absolute atomic E-state index is 0.446. The molecule has 0 N–H and O–H groups in total. The molecule has 1 aliphatic heterocycles. The van der Waals surface area contributed by atoms with E-state index in [1.54, 1.807) is 0 Å². The van der Waals surface area contributed by atoms with Gasteiger partial charge in [0.15, 0.2) is 0 Å². The predicted molar refractivity (Wildman–Crippen MR) is 41.8 cm³/mol. The fourth-order valence-electron chi connectivity index (χ4n) is 2.30. The van der Waals surface area contributed by atoms with Crippen LogP contribution in [0.4, 0.5) is 4.20 Å². The van der Waals surface area contributed by atoms with Crippen LogP contribution in [0.25, 0.3) is 0 Å². The highest BCUT2D eigenvalue weighted by molar-refractivity contribution is 7.28. The number of hydrogen-bond acceptors (Lipinski definition) is 1. The van der Waals surface area contributed by atoms with Gasteiger partial charge in [0.2, 0.25) is 0 Å². The van der Waals surface area contributed by atoms with Crippen molar-refractivity contribution in [2.75, 3.05) is 13.1 Å². The SMILES string of the molecule is FPN1CC2CCC[C@H]2C1. The predicted octanol–water partition coefficient (Wildman–Crippen LogP) is 2.20. The van der Waals surface area contributed by atoms with E-state index in [1.165, 1.54) is 19.3 Å². The molecule has 0 spiro atoms. The third-order valence-corrected chi connectivity index (χ3v) is 3.45. The molecule has 58 valence electrons. The van der Waals surface area contributed by atoms with Gasteiger partial charge in [-0.2, -0.15) is 0 Å². The van der Waals surface area contributed by atoms with E-state index in [-0.39, 0.29) is 0 Å². The first-order chi connectivity index (χ1) is 4.90. The van der Waals surface area contributed by atoms with E-state index in [4.69, 9.17) is 0 Å². The fourth-order valence-corrected chi connectivity index (χ4v) is 2.91. The minimum Gasteiger partial charge on any atom is -0.258 e. The highest BCUT2D eigenvalue weighted by Crippen LogP contribution is 2.41. The van der Waals surface area contributed by atoms with Crippen LogP contribution in [0, 0.1) is 11.8 Å². The lowest BCUT2D eigenvalue weighted by molar-refractivity contribution is 0.491. The standard InChI is InChI=1S/C7H13FNP/c8-10-9-4-6-2-1-3-7(6)5-9/h6-7,10H,1-5H2/t6-,7?/m0/s1. The van der Waals surface area contributed by atoms with Crippen molar-refractivity contribution in [3.05, 3.63) is 0 Å². The summed E-state index contributed by atoms with van der Waals surface area (Å²) in [7, 11) is -0.446. The number of hydrogen-bond donors (Lipinski definition) is 0. The van der Waals surface area contributed by atoms with Gasteiger partial charge in [-0.25, -0.2) is 4.20 Å². The lowest BCUT2D eigenvalue weighted by Crippen LogP contribution is -2.09. The molecule has 2 unspecified atom stereocenters. The Morgan fingerprint density at radius 3 is 2.30 bits per heavy atom. The van der Waals surface area contributed by atoms with E-state index in [0.717, 1.165) is 24.9 Å². The molecule has 1 heterocycles. The third kappa shape index (κ3) is 1.08. The van der Waals surface area contributed by atoms with Crippen LogP contribution < -0.4 is 0 Å². The molecule has 0 amide bonds. The third-order valence-electron chi connectivity index (χ3n) is 2.85. The molecule has 3 heteroatoms. The molecule has 2 rings (SSSR count). The minimum atomic E-state index is -0.446. The Labute approximate surface area is 62.9 Å². The van der Waals surface area contributed by atoms with Crippen LogP contribution in [0.15, 0.2) is 0 Å². The summed E-state index contributed by atoms with van der Waals surface area (Å²) in [5.74, 6) is 1.70. The van der Waals surface area contributed by atoms with E-state index < -0.39 is 9.04 Å². The second kappa shape index (κ2) is 2.75. The van der Waals surface area contributed by atoms with Crippen LogP contribution in [0.5, 0.6) is 0 Å². The zero-order chi connectivity index (χ0) is 6.97. The van der Waals surface area contributed by atoms with Crippen molar-refractivity contribution in [3.8, 4) is 0 Å². The molecule has 3 atom stereocenters. The van der Waals surface area contributed by atoms with Crippen LogP contribution in [-0.4, -0.2) is 17.8 Å². The van der Waals surface area contributed by atoms with Crippen molar-refractivity contribution in [2.45, 2.75) is 19.3 Å². The summed E-state index contributed by atoms with van der Waals surface area (Å²) in [6.07, 6.45) is 4.09. The molecule has 1 saturated carbocycles. The number of rotatable bonds is 1. The average Bonchev–Trinajstić information content (AvgIpc) is 2.42. The Kier molecular flexibility index (Phi) is 1.92. The molecule has 0 aromatic rings. The van der Waals surface area contributed by atoms with Crippen molar-refractivity contribution in [1.82, 2.24) is 4.67 Å². The highest BCUT2D eigenvalue weighted by Gasteiger charge is 2.35. The van der Waals surface area contributed by atoms with Gasteiger partial charge in [-0.1, -0.05) is 6.42 Å². The van der Waals surface area contributed by atoms with Crippen molar-refractivity contribution < 1.29 is 4.20 Å². The number of fused-ring (bicyclic) bond motifs is 1. The molecule has 0 radical (unpaired) electrons. The molecule has 0 aromatic heterocycles. The molecular formula is C7H13FNP.